The van der Waals surface area contributed by atoms with Crippen LogP contribution in [0, 0.1) is 6.92 Å². The van der Waals surface area contributed by atoms with E-state index >= 15 is 0 Å². The topological polar surface area (TPSA) is 48.4 Å². The fourth-order valence-corrected chi connectivity index (χ4v) is 1.82. The molecular weight excluding hydrogens is 214 g/mol. The summed E-state index contributed by atoms with van der Waals surface area (Å²) in [5.41, 5.74) is 8.24. The van der Waals surface area contributed by atoms with Gasteiger partial charge in [0, 0.05) is 0 Å². The summed E-state index contributed by atoms with van der Waals surface area (Å²) in [4.78, 5) is 0. The van der Waals surface area contributed by atoms with Gasteiger partial charge in [-0.2, -0.15) is 0 Å². The molecule has 17 heavy (non-hydrogen) atoms. The van der Waals surface area contributed by atoms with Crippen LogP contribution in [0.2, 0.25) is 0 Å². The van der Waals surface area contributed by atoms with E-state index in [2.05, 4.69) is 0 Å². The van der Waals surface area contributed by atoms with Crippen LogP contribution in [0.25, 0.3) is 0 Å². The van der Waals surface area contributed by atoms with E-state index in [1.54, 1.807) is 6.26 Å². The molecule has 2 rings (SSSR count). The molecular formula is C14H17NO2. The predicted octanol–water partition coefficient (Wildman–Crippen LogP) is 3.03. The molecule has 0 saturated heterocycles. The molecule has 0 bridgehead atoms. The Hall–Kier alpha value is -1.74. The Balaban J connectivity index is 2.28. The highest BCUT2D eigenvalue weighted by atomic mass is 16.5. The summed E-state index contributed by atoms with van der Waals surface area (Å²) >= 11 is 0. The van der Waals surface area contributed by atoms with E-state index < -0.39 is 0 Å². The van der Waals surface area contributed by atoms with Gasteiger partial charge < -0.3 is 14.9 Å². The Bertz CT molecular complexity index is 490. The van der Waals surface area contributed by atoms with Gasteiger partial charge >= 0.3 is 0 Å². The number of furan rings is 1. The summed E-state index contributed by atoms with van der Waals surface area (Å²) in [6.45, 7) is 4.60. The van der Waals surface area contributed by atoms with Gasteiger partial charge in [0.05, 0.1) is 18.9 Å². The molecule has 0 radical (unpaired) electrons. The molecule has 2 aromatic rings. The number of aryl methyl sites for hydroxylation is 1. The highest BCUT2D eigenvalue weighted by Crippen LogP contribution is 2.25. The van der Waals surface area contributed by atoms with Gasteiger partial charge in [-0.25, -0.2) is 0 Å². The van der Waals surface area contributed by atoms with Gasteiger partial charge in [0.15, 0.2) is 0 Å². The van der Waals surface area contributed by atoms with E-state index in [1.807, 2.05) is 44.2 Å². The monoisotopic (exact) mass is 231 g/mol. The Kier molecular flexibility index (Phi) is 3.49. The molecule has 0 aliphatic heterocycles. The largest absolute Gasteiger partial charge is 0.494 e. The second-order valence-corrected chi connectivity index (χ2v) is 3.95. The molecule has 3 nitrogen and oxygen atoms in total. The molecule has 3 heteroatoms. The maximum atomic E-state index is 6.18. The van der Waals surface area contributed by atoms with Crippen molar-refractivity contribution >= 4 is 0 Å². The van der Waals surface area contributed by atoms with Gasteiger partial charge in [-0.05, 0) is 43.2 Å². The zero-order chi connectivity index (χ0) is 12.3. The molecule has 0 aliphatic rings. The third-order valence-electron chi connectivity index (χ3n) is 2.71. The molecule has 0 aliphatic carbocycles. The zero-order valence-corrected chi connectivity index (χ0v) is 10.1. The molecule has 90 valence electrons. The summed E-state index contributed by atoms with van der Waals surface area (Å²) in [5, 5.41) is 0. The van der Waals surface area contributed by atoms with E-state index in [1.165, 1.54) is 0 Å². The van der Waals surface area contributed by atoms with Crippen LogP contribution in [0.5, 0.6) is 5.75 Å². The highest BCUT2D eigenvalue weighted by molar-refractivity contribution is 5.35. The SMILES string of the molecule is CCOc1cccc(C(N)c2occc2C)c1. The fraction of sp³-hybridized carbons (Fsp3) is 0.286. The Morgan fingerprint density at radius 3 is 2.82 bits per heavy atom. The molecule has 0 spiro atoms. The number of benzene rings is 1. The van der Waals surface area contributed by atoms with E-state index in [0.29, 0.717) is 6.61 Å². The second kappa shape index (κ2) is 5.06. The Labute approximate surface area is 101 Å². The molecule has 1 unspecified atom stereocenters. The Morgan fingerprint density at radius 1 is 1.35 bits per heavy atom. The van der Waals surface area contributed by atoms with Crippen LogP contribution in [0.1, 0.15) is 29.9 Å². The second-order valence-electron chi connectivity index (χ2n) is 3.95. The number of hydrogen-bond acceptors (Lipinski definition) is 3. The maximum absolute atomic E-state index is 6.18. The summed E-state index contributed by atoms with van der Waals surface area (Å²) in [6, 6.07) is 9.48. The van der Waals surface area contributed by atoms with Crippen LogP contribution in [0.4, 0.5) is 0 Å². The van der Waals surface area contributed by atoms with E-state index in [-0.39, 0.29) is 6.04 Å². The standard InChI is InChI=1S/C14H17NO2/c1-3-16-12-6-4-5-11(9-12)13(15)14-10(2)7-8-17-14/h4-9,13H,3,15H2,1-2H3. The molecule has 0 amide bonds. The lowest BCUT2D eigenvalue weighted by molar-refractivity contribution is 0.339. The van der Waals surface area contributed by atoms with Crippen molar-refractivity contribution in [2.75, 3.05) is 6.61 Å². The summed E-state index contributed by atoms with van der Waals surface area (Å²) in [6.07, 6.45) is 1.66. The number of rotatable bonds is 4. The van der Waals surface area contributed by atoms with E-state index in [9.17, 15) is 0 Å². The maximum Gasteiger partial charge on any atom is 0.127 e. The average molecular weight is 231 g/mol. The lowest BCUT2D eigenvalue weighted by Gasteiger charge is -2.12. The van der Waals surface area contributed by atoms with Crippen molar-refractivity contribution in [1.82, 2.24) is 0 Å². The van der Waals surface area contributed by atoms with Gasteiger partial charge in [-0.15, -0.1) is 0 Å². The van der Waals surface area contributed by atoms with Gasteiger partial charge in [0.2, 0.25) is 0 Å². The van der Waals surface area contributed by atoms with Crippen molar-refractivity contribution < 1.29 is 9.15 Å². The smallest absolute Gasteiger partial charge is 0.127 e. The van der Waals surface area contributed by atoms with Crippen molar-refractivity contribution in [2.24, 2.45) is 5.73 Å². The minimum absolute atomic E-state index is 0.245. The van der Waals surface area contributed by atoms with E-state index in [0.717, 1.165) is 22.6 Å². The van der Waals surface area contributed by atoms with Gasteiger partial charge in [-0.3, -0.25) is 0 Å². The van der Waals surface area contributed by atoms with E-state index in [4.69, 9.17) is 14.9 Å². The van der Waals surface area contributed by atoms with Crippen molar-refractivity contribution in [1.29, 1.82) is 0 Å². The number of hydrogen-bond donors (Lipinski definition) is 1. The quantitative estimate of drug-likeness (QED) is 0.879. The van der Waals surface area contributed by atoms with Crippen molar-refractivity contribution in [3.63, 3.8) is 0 Å². The predicted molar refractivity (Wildman–Crippen MR) is 67.1 cm³/mol. The third-order valence-corrected chi connectivity index (χ3v) is 2.71. The van der Waals surface area contributed by atoms with Crippen molar-refractivity contribution in [3.05, 3.63) is 53.5 Å². The first-order valence-corrected chi connectivity index (χ1v) is 5.74. The first kappa shape index (κ1) is 11.7. The van der Waals surface area contributed by atoms with Crippen LogP contribution >= 0.6 is 0 Å². The van der Waals surface area contributed by atoms with Crippen molar-refractivity contribution in [3.8, 4) is 5.75 Å². The lowest BCUT2D eigenvalue weighted by atomic mass is 10.0. The van der Waals surface area contributed by atoms with Crippen LogP contribution in [-0.2, 0) is 0 Å². The summed E-state index contributed by atoms with van der Waals surface area (Å²) in [7, 11) is 0. The van der Waals surface area contributed by atoms with Gasteiger partial charge in [0.25, 0.3) is 0 Å². The molecule has 2 N–H and O–H groups in total. The van der Waals surface area contributed by atoms with Gasteiger partial charge in [-0.1, -0.05) is 12.1 Å². The van der Waals surface area contributed by atoms with Crippen molar-refractivity contribution in [2.45, 2.75) is 19.9 Å². The summed E-state index contributed by atoms with van der Waals surface area (Å²) in [5.74, 6) is 1.64. The molecule has 0 saturated carbocycles. The van der Waals surface area contributed by atoms with Crippen LogP contribution in [0.15, 0.2) is 41.0 Å². The molecule has 1 atom stereocenters. The molecule has 0 fully saturated rings. The first-order chi connectivity index (χ1) is 8.22. The first-order valence-electron chi connectivity index (χ1n) is 5.74. The van der Waals surface area contributed by atoms with Gasteiger partial charge in [0.1, 0.15) is 11.5 Å². The molecule has 1 aromatic carbocycles. The minimum Gasteiger partial charge on any atom is -0.494 e. The minimum atomic E-state index is -0.245. The lowest BCUT2D eigenvalue weighted by Crippen LogP contribution is -2.12. The average Bonchev–Trinajstić information content (AvgIpc) is 2.75. The normalized spacial score (nSPS) is 12.4. The third kappa shape index (κ3) is 2.50. The van der Waals surface area contributed by atoms with Crippen LogP contribution in [-0.4, -0.2) is 6.61 Å². The van der Waals surface area contributed by atoms with Crippen LogP contribution < -0.4 is 10.5 Å². The molecule has 1 aromatic heterocycles. The Morgan fingerprint density at radius 2 is 2.18 bits per heavy atom. The number of nitrogens with two attached hydrogens (primary N) is 1. The van der Waals surface area contributed by atoms with Crippen LogP contribution in [0.3, 0.4) is 0 Å². The zero-order valence-electron chi connectivity index (χ0n) is 10.1. The fourth-order valence-electron chi connectivity index (χ4n) is 1.82. The number of ether oxygens (including phenoxy) is 1. The summed E-state index contributed by atoms with van der Waals surface area (Å²) < 4.78 is 10.9. The molecule has 1 heterocycles. The highest BCUT2D eigenvalue weighted by Gasteiger charge is 2.15.